The fourth-order valence-electron chi connectivity index (χ4n) is 3.25. The van der Waals surface area contributed by atoms with Gasteiger partial charge in [-0.1, -0.05) is 30.4 Å². The number of unbranched alkanes of at least 4 members (excludes halogenated alkanes) is 2. The average molecular weight is 448 g/mol. The Balaban J connectivity index is 2.05. The second-order valence-electron chi connectivity index (χ2n) is 7.93. The summed E-state index contributed by atoms with van der Waals surface area (Å²) < 4.78 is 11.4. The van der Waals surface area contributed by atoms with Crippen molar-refractivity contribution in [1.82, 2.24) is 5.32 Å². The maximum absolute atomic E-state index is 10.2. The van der Waals surface area contributed by atoms with Gasteiger partial charge in [0.1, 0.15) is 5.75 Å². The van der Waals surface area contributed by atoms with E-state index in [1.807, 2.05) is 19.9 Å². The smallest absolute Gasteiger partial charge is 0.121 e. The Morgan fingerprint density at radius 3 is 2.56 bits per heavy atom. The molecule has 0 saturated carbocycles. The third-order valence-electron chi connectivity index (χ3n) is 5.16. The highest BCUT2D eigenvalue weighted by Crippen LogP contribution is 2.22. The van der Waals surface area contributed by atoms with E-state index in [1.165, 1.54) is 11.6 Å². The lowest BCUT2D eigenvalue weighted by Gasteiger charge is -2.14. The molecule has 0 bridgehead atoms. The van der Waals surface area contributed by atoms with Crippen molar-refractivity contribution < 1.29 is 24.8 Å². The highest BCUT2D eigenvalue weighted by molar-refractivity contribution is 5.37. The maximum atomic E-state index is 10.2. The van der Waals surface area contributed by atoms with Crippen LogP contribution in [0.5, 0.6) is 5.75 Å². The van der Waals surface area contributed by atoms with Crippen LogP contribution in [0.25, 0.3) is 0 Å². The molecule has 6 nitrogen and oxygen atoms in total. The number of hydrogen-bond donors (Lipinski definition) is 4. The Kier molecular flexibility index (Phi) is 14.6. The van der Waals surface area contributed by atoms with E-state index in [0.717, 1.165) is 37.0 Å². The Morgan fingerprint density at radius 2 is 1.88 bits per heavy atom. The van der Waals surface area contributed by atoms with Crippen LogP contribution < -0.4 is 5.32 Å². The minimum absolute atomic E-state index is 0.0399. The lowest BCUT2D eigenvalue weighted by molar-refractivity contribution is 0.0548. The van der Waals surface area contributed by atoms with Crippen molar-refractivity contribution in [3.05, 3.63) is 64.8 Å². The molecule has 0 radical (unpaired) electrons. The molecular formula is C26H41NO5. The summed E-state index contributed by atoms with van der Waals surface area (Å²) in [6.45, 7) is 13.5. The third-order valence-corrected chi connectivity index (χ3v) is 5.16. The first kappa shape index (κ1) is 28.1. The van der Waals surface area contributed by atoms with Crippen molar-refractivity contribution in [3.63, 3.8) is 0 Å². The third kappa shape index (κ3) is 11.1. The van der Waals surface area contributed by atoms with Gasteiger partial charge in [-0.3, -0.25) is 0 Å². The summed E-state index contributed by atoms with van der Waals surface area (Å²) in [4.78, 5) is 0. The predicted octanol–water partition coefficient (Wildman–Crippen LogP) is 4.18. The number of aliphatic hydroxyl groups is 2. The summed E-state index contributed by atoms with van der Waals surface area (Å²) in [5.74, 6) is 0.0399. The molecule has 0 aliphatic rings. The van der Waals surface area contributed by atoms with E-state index >= 15 is 0 Å². The number of allylic oxidation sites excluding steroid dienone is 3. The molecule has 32 heavy (non-hydrogen) atoms. The summed E-state index contributed by atoms with van der Waals surface area (Å²) >= 11 is 0. The van der Waals surface area contributed by atoms with Crippen molar-refractivity contribution in [1.29, 1.82) is 0 Å². The van der Waals surface area contributed by atoms with E-state index in [4.69, 9.17) is 9.47 Å². The molecular weight excluding hydrogens is 406 g/mol. The molecule has 6 heteroatoms. The second kappa shape index (κ2) is 16.6. The first-order valence-corrected chi connectivity index (χ1v) is 11.4. The monoisotopic (exact) mass is 447 g/mol. The molecule has 180 valence electrons. The lowest BCUT2D eigenvalue weighted by atomic mass is 10.0. The van der Waals surface area contributed by atoms with Crippen LogP contribution in [0.15, 0.2) is 53.6 Å². The molecule has 1 unspecified atom stereocenters. The van der Waals surface area contributed by atoms with Crippen molar-refractivity contribution in [2.24, 2.45) is 0 Å². The van der Waals surface area contributed by atoms with Crippen LogP contribution in [0.3, 0.4) is 0 Å². The van der Waals surface area contributed by atoms with E-state index in [1.54, 1.807) is 12.1 Å². The van der Waals surface area contributed by atoms with Crippen LogP contribution in [0.4, 0.5) is 0 Å². The highest BCUT2D eigenvalue weighted by atomic mass is 16.5. The average Bonchev–Trinajstić information content (AvgIpc) is 2.76. The molecule has 0 aromatic heterocycles. The number of ether oxygens (including phenoxy) is 2. The molecule has 4 N–H and O–H groups in total. The fourth-order valence-corrected chi connectivity index (χ4v) is 3.25. The number of hydrogen-bond acceptors (Lipinski definition) is 6. The number of phenols is 1. The number of aromatic hydroxyl groups is 1. The Bertz CT molecular complexity index is 742. The second-order valence-corrected chi connectivity index (χ2v) is 7.93. The number of aliphatic hydroxyl groups excluding tert-OH is 2. The lowest BCUT2D eigenvalue weighted by Crippen LogP contribution is -2.22. The Hall–Kier alpha value is -1.96. The molecule has 0 saturated heterocycles. The van der Waals surface area contributed by atoms with E-state index in [9.17, 15) is 15.3 Å². The molecule has 0 heterocycles. The zero-order valence-corrected chi connectivity index (χ0v) is 19.9. The molecule has 0 aliphatic carbocycles. The molecule has 0 spiro atoms. The predicted molar refractivity (Wildman–Crippen MR) is 130 cm³/mol. The van der Waals surface area contributed by atoms with Gasteiger partial charge in [0.05, 0.1) is 32.5 Å². The Labute approximate surface area is 193 Å². The van der Waals surface area contributed by atoms with Gasteiger partial charge in [0.2, 0.25) is 0 Å². The van der Waals surface area contributed by atoms with Gasteiger partial charge in [-0.2, -0.15) is 0 Å². The van der Waals surface area contributed by atoms with Gasteiger partial charge in [0.25, 0.3) is 0 Å². The molecule has 1 rings (SSSR count). The van der Waals surface area contributed by atoms with Crippen molar-refractivity contribution in [2.75, 3.05) is 39.5 Å². The van der Waals surface area contributed by atoms with Crippen LogP contribution in [-0.2, 0) is 16.1 Å². The number of benzene rings is 1. The van der Waals surface area contributed by atoms with Gasteiger partial charge >= 0.3 is 0 Å². The minimum Gasteiger partial charge on any atom is -0.508 e. The van der Waals surface area contributed by atoms with Crippen LogP contribution in [0, 0.1) is 0 Å². The van der Waals surface area contributed by atoms with E-state index in [2.05, 4.69) is 24.9 Å². The normalized spacial score (nSPS) is 13.4. The summed E-state index contributed by atoms with van der Waals surface area (Å²) in [5, 5.41) is 32.3. The summed E-state index contributed by atoms with van der Waals surface area (Å²) in [6.07, 6.45) is 6.44. The first-order chi connectivity index (χ1) is 15.4. The van der Waals surface area contributed by atoms with Gasteiger partial charge in [-0.15, -0.1) is 0 Å². The van der Waals surface area contributed by atoms with Crippen LogP contribution in [0.2, 0.25) is 0 Å². The SMILES string of the molecule is C=C(C)/C(COCCOCCCCCNCC(O)c1ccc(O)c(CO)c1)=C(C)\C=C/C. The number of nitrogens with one attached hydrogen (secondary N) is 1. The maximum Gasteiger partial charge on any atom is 0.121 e. The molecule has 1 aromatic rings. The minimum atomic E-state index is -0.675. The van der Waals surface area contributed by atoms with Gasteiger partial charge in [-0.05, 0) is 75.4 Å². The molecule has 1 aromatic carbocycles. The fraction of sp³-hybridized carbons (Fsp3) is 0.538. The van der Waals surface area contributed by atoms with Crippen LogP contribution in [0.1, 0.15) is 57.3 Å². The van der Waals surface area contributed by atoms with Crippen LogP contribution >= 0.6 is 0 Å². The van der Waals surface area contributed by atoms with Crippen molar-refractivity contribution >= 4 is 0 Å². The number of rotatable bonds is 17. The van der Waals surface area contributed by atoms with E-state index < -0.39 is 6.10 Å². The van der Waals surface area contributed by atoms with Crippen molar-refractivity contribution in [3.8, 4) is 5.75 Å². The van der Waals surface area contributed by atoms with Gasteiger partial charge in [-0.25, -0.2) is 0 Å². The summed E-state index contributed by atoms with van der Waals surface area (Å²) in [7, 11) is 0. The quantitative estimate of drug-likeness (QED) is 0.212. The molecule has 1 atom stereocenters. The van der Waals surface area contributed by atoms with E-state index in [-0.39, 0.29) is 12.4 Å². The van der Waals surface area contributed by atoms with Crippen LogP contribution in [-0.4, -0.2) is 54.8 Å². The van der Waals surface area contributed by atoms with Gasteiger partial charge < -0.3 is 30.1 Å². The van der Waals surface area contributed by atoms with E-state index in [0.29, 0.717) is 44.1 Å². The zero-order chi connectivity index (χ0) is 23.8. The summed E-state index contributed by atoms with van der Waals surface area (Å²) in [6, 6.07) is 4.79. The van der Waals surface area contributed by atoms with Crippen molar-refractivity contribution in [2.45, 2.75) is 52.7 Å². The molecule has 0 fully saturated rings. The largest absolute Gasteiger partial charge is 0.508 e. The van der Waals surface area contributed by atoms with Gasteiger partial charge in [0, 0.05) is 18.7 Å². The molecule has 0 amide bonds. The Morgan fingerprint density at radius 1 is 1.12 bits per heavy atom. The topological polar surface area (TPSA) is 91.2 Å². The molecule has 0 aliphatic heterocycles. The standard InChI is InChI=1S/C26H41NO5/c1-5-9-21(4)24(20(2)3)19-32-15-14-31-13-8-6-7-12-27-17-26(30)22-10-11-25(29)23(16-22)18-28/h5,9-11,16,26-30H,2,6-8,12-15,17-19H2,1,3-4H3/b9-5-,24-21-. The highest BCUT2D eigenvalue weighted by Gasteiger charge is 2.10. The zero-order valence-electron chi connectivity index (χ0n) is 19.9. The summed E-state index contributed by atoms with van der Waals surface area (Å²) in [5.41, 5.74) is 4.45. The first-order valence-electron chi connectivity index (χ1n) is 11.4. The van der Waals surface area contributed by atoms with Gasteiger partial charge in [0.15, 0.2) is 0 Å².